The van der Waals surface area contributed by atoms with Gasteiger partial charge in [-0.1, -0.05) is 18.2 Å². The standard InChI is InChI=1S/C19H19FN4O2.HI/c1-23-8-6-15-14(11-23)22-18-17(16(25)7-9-24(15)18)19(26)21-10-12-4-2-3-5-13(12)20;/h2-6,8,22H,7,9-11H2,1H3,(H,21,26);1H. The summed E-state index contributed by atoms with van der Waals surface area (Å²) < 4.78 is 13.7. The van der Waals surface area contributed by atoms with Gasteiger partial charge in [0.2, 0.25) is 0 Å². The number of allylic oxidation sites excluding steroid dienone is 1. The fourth-order valence-corrected chi connectivity index (χ4v) is 3.41. The lowest BCUT2D eigenvalue weighted by Gasteiger charge is -2.28. The van der Waals surface area contributed by atoms with E-state index in [-0.39, 0.29) is 54.1 Å². The summed E-state index contributed by atoms with van der Waals surface area (Å²) in [5, 5.41) is 5.90. The monoisotopic (exact) mass is 482 g/mol. The molecule has 142 valence electrons. The molecule has 0 saturated carbocycles. The van der Waals surface area contributed by atoms with Crippen LogP contribution < -0.4 is 10.6 Å². The van der Waals surface area contributed by atoms with Crippen LogP contribution in [0.4, 0.5) is 4.39 Å². The Bertz CT molecular complexity index is 893. The van der Waals surface area contributed by atoms with E-state index in [0.29, 0.717) is 24.5 Å². The van der Waals surface area contributed by atoms with Crippen LogP contribution >= 0.6 is 24.0 Å². The van der Waals surface area contributed by atoms with Crippen molar-refractivity contribution in [2.75, 3.05) is 20.1 Å². The Balaban J connectivity index is 0.00000210. The molecule has 0 aromatic heterocycles. The van der Waals surface area contributed by atoms with Gasteiger partial charge >= 0.3 is 0 Å². The van der Waals surface area contributed by atoms with Gasteiger partial charge in [-0.05, 0) is 12.1 Å². The molecule has 0 fully saturated rings. The van der Waals surface area contributed by atoms with E-state index in [1.54, 1.807) is 18.2 Å². The average Bonchev–Trinajstić information content (AvgIpc) is 2.97. The van der Waals surface area contributed by atoms with Gasteiger partial charge in [0.05, 0.1) is 17.9 Å². The van der Waals surface area contributed by atoms with Crippen LogP contribution in [-0.2, 0) is 16.1 Å². The topological polar surface area (TPSA) is 64.7 Å². The molecule has 3 aliphatic heterocycles. The summed E-state index contributed by atoms with van der Waals surface area (Å²) in [5.74, 6) is -0.543. The Hall–Kier alpha value is -2.36. The summed E-state index contributed by atoms with van der Waals surface area (Å²) in [5.41, 5.74) is 2.45. The third-order valence-corrected chi connectivity index (χ3v) is 4.74. The SMILES string of the molecule is CN1C=CC2=C(C1)NC1=C(C(=O)NCc3ccccc3F)C(=O)CCN21.I. The fourth-order valence-electron chi connectivity index (χ4n) is 3.41. The number of hydrogen-bond acceptors (Lipinski definition) is 5. The first-order valence-electron chi connectivity index (χ1n) is 8.50. The van der Waals surface area contributed by atoms with Crippen molar-refractivity contribution in [3.8, 4) is 0 Å². The molecule has 4 rings (SSSR count). The summed E-state index contributed by atoms with van der Waals surface area (Å²) in [6, 6.07) is 6.25. The fraction of sp³-hybridized carbons (Fsp3) is 0.263. The highest BCUT2D eigenvalue weighted by atomic mass is 127. The highest BCUT2D eigenvalue weighted by Crippen LogP contribution is 2.32. The maximum atomic E-state index is 13.7. The van der Waals surface area contributed by atoms with Crippen LogP contribution in [0.15, 0.2) is 59.3 Å². The van der Waals surface area contributed by atoms with Crippen LogP contribution in [0.1, 0.15) is 12.0 Å². The molecule has 0 radical (unpaired) electrons. The minimum Gasteiger partial charge on any atom is -0.374 e. The summed E-state index contributed by atoms with van der Waals surface area (Å²) in [7, 11) is 1.96. The van der Waals surface area contributed by atoms with Crippen LogP contribution in [0.25, 0.3) is 0 Å². The second kappa shape index (κ2) is 7.71. The van der Waals surface area contributed by atoms with Crippen molar-refractivity contribution in [3.05, 3.63) is 70.7 Å². The normalized spacial score (nSPS) is 18.1. The van der Waals surface area contributed by atoms with Gasteiger partial charge in [0, 0.05) is 38.3 Å². The van der Waals surface area contributed by atoms with Crippen molar-refractivity contribution in [2.24, 2.45) is 0 Å². The van der Waals surface area contributed by atoms with Gasteiger partial charge < -0.3 is 20.4 Å². The summed E-state index contributed by atoms with van der Waals surface area (Å²) >= 11 is 0. The van der Waals surface area contributed by atoms with Crippen LogP contribution in [0.3, 0.4) is 0 Å². The number of likely N-dealkylation sites (N-methyl/N-ethyl adjacent to an activating group) is 1. The van der Waals surface area contributed by atoms with Crippen molar-refractivity contribution >= 4 is 35.7 Å². The third kappa shape index (κ3) is 3.58. The Morgan fingerprint density at radius 3 is 2.89 bits per heavy atom. The zero-order valence-electron chi connectivity index (χ0n) is 14.8. The molecular weight excluding hydrogens is 462 g/mol. The van der Waals surface area contributed by atoms with Crippen LogP contribution in [0.5, 0.6) is 0 Å². The molecule has 1 aromatic rings. The third-order valence-electron chi connectivity index (χ3n) is 4.74. The molecule has 0 saturated heterocycles. The zero-order chi connectivity index (χ0) is 18.3. The number of amides is 1. The van der Waals surface area contributed by atoms with E-state index >= 15 is 0 Å². The lowest BCUT2D eigenvalue weighted by atomic mass is 10.0. The van der Waals surface area contributed by atoms with E-state index in [2.05, 4.69) is 10.6 Å². The van der Waals surface area contributed by atoms with Gasteiger partial charge in [-0.2, -0.15) is 0 Å². The average molecular weight is 482 g/mol. The van der Waals surface area contributed by atoms with Crippen LogP contribution in [-0.4, -0.2) is 41.6 Å². The predicted molar refractivity (Wildman–Crippen MR) is 109 cm³/mol. The number of nitrogens with one attached hydrogen (secondary N) is 2. The molecule has 3 aliphatic rings. The quantitative estimate of drug-likeness (QED) is 0.509. The number of halogens is 2. The first kappa shape index (κ1) is 19.4. The molecule has 0 atom stereocenters. The van der Waals surface area contributed by atoms with Gasteiger partial charge in [0.15, 0.2) is 5.78 Å². The molecule has 0 spiro atoms. The molecule has 2 N–H and O–H groups in total. The molecule has 27 heavy (non-hydrogen) atoms. The van der Waals surface area contributed by atoms with Gasteiger partial charge in [0.1, 0.15) is 17.2 Å². The minimum atomic E-state index is -0.484. The number of fused-ring (bicyclic) bond motifs is 2. The highest BCUT2D eigenvalue weighted by molar-refractivity contribution is 14.0. The molecule has 3 heterocycles. The van der Waals surface area contributed by atoms with Gasteiger partial charge in [-0.3, -0.25) is 9.59 Å². The van der Waals surface area contributed by atoms with E-state index in [9.17, 15) is 14.0 Å². The maximum absolute atomic E-state index is 13.7. The van der Waals surface area contributed by atoms with Gasteiger partial charge in [-0.25, -0.2) is 4.39 Å². The van der Waals surface area contributed by atoms with Crippen molar-refractivity contribution in [1.29, 1.82) is 0 Å². The highest BCUT2D eigenvalue weighted by Gasteiger charge is 2.37. The first-order valence-corrected chi connectivity index (χ1v) is 8.50. The Morgan fingerprint density at radius 1 is 1.33 bits per heavy atom. The second-order valence-corrected chi connectivity index (χ2v) is 6.54. The molecule has 0 bridgehead atoms. The number of hydrogen-bond donors (Lipinski definition) is 2. The Labute approximate surface area is 173 Å². The Morgan fingerprint density at radius 2 is 2.11 bits per heavy atom. The van der Waals surface area contributed by atoms with E-state index in [4.69, 9.17) is 0 Å². The van der Waals surface area contributed by atoms with E-state index in [0.717, 1.165) is 11.4 Å². The predicted octanol–water partition coefficient (Wildman–Crippen LogP) is 1.82. The molecule has 6 nitrogen and oxygen atoms in total. The Kier molecular flexibility index (Phi) is 5.54. The number of rotatable bonds is 3. The van der Waals surface area contributed by atoms with Crippen molar-refractivity contribution in [1.82, 2.24) is 20.4 Å². The number of ketones is 1. The van der Waals surface area contributed by atoms with Crippen molar-refractivity contribution < 1.29 is 14.0 Å². The minimum absolute atomic E-state index is 0. The number of nitrogens with zero attached hydrogens (tertiary/aromatic N) is 2. The van der Waals surface area contributed by atoms with Crippen LogP contribution in [0, 0.1) is 5.82 Å². The molecule has 1 aromatic carbocycles. The second-order valence-electron chi connectivity index (χ2n) is 6.54. The lowest BCUT2D eigenvalue weighted by molar-refractivity contribution is -0.123. The summed E-state index contributed by atoms with van der Waals surface area (Å²) in [6.45, 7) is 1.26. The smallest absolute Gasteiger partial charge is 0.258 e. The van der Waals surface area contributed by atoms with Crippen molar-refractivity contribution in [2.45, 2.75) is 13.0 Å². The number of carbonyl (C=O) groups is 2. The van der Waals surface area contributed by atoms with Gasteiger partial charge in [-0.15, -0.1) is 24.0 Å². The molecule has 0 unspecified atom stereocenters. The zero-order valence-corrected chi connectivity index (χ0v) is 17.1. The molecule has 1 amide bonds. The van der Waals surface area contributed by atoms with E-state index < -0.39 is 5.91 Å². The molecule has 8 heteroatoms. The summed E-state index contributed by atoms with van der Waals surface area (Å²) in [4.78, 5) is 29.1. The largest absolute Gasteiger partial charge is 0.374 e. The molecular formula is C19H20FIN4O2. The first-order chi connectivity index (χ1) is 12.5. The van der Waals surface area contributed by atoms with Crippen molar-refractivity contribution in [3.63, 3.8) is 0 Å². The summed E-state index contributed by atoms with van der Waals surface area (Å²) in [6.07, 6.45) is 4.22. The number of benzene rings is 1. The lowest BCUT2D eigenvalue weighted by Crippen LogP contribution is -2.39. The maximum Gasteiger partial charge on any atom is 0.258 e. The van der Waals surface area contributed by atoms with Crippen LogP contribution in [0.2, 0.25) is 0 Å². The molecule has 0 aliphatic carbocycles. The van der Waals surface area contributed by atoms with E-state index in [1.807, 2.05) is 29.1 Å². The number of carbonyl (C=O) groups excluding carboxylic acids is 2. The van der Waals surface area contributed by atoms with Gasteiger partial charge in [0.25, 0.3) is 5.91 Å². The van der Waals surface area contributed by atoms with E-state index in [1.165, 1.54) is 6.07 Å². The number of Topliss-reactive ketones (excluding diaryl/α,β-unsaturated/α-hetero) is 1.